The highest BCUT2D eigenvalue weighted by atomic mass is 79.9. The van der Waals surface area contributed by atoms with E-state index in [4.69, 9.17) is 0 Å². The zero-order valence-electron chi connectivity index (χ0n) is 17.1. The second kappa shape index (κ2) is 7.55. The third-order valence-corrected chi connectivity index (χ3v) is 10.4. The van der Waals surface area contributed by atoms with Crippen LogP contribution < -0.4 is 10.2 Å². The van der Waals surface area contributed by atoms with Crippen LogP contribution in [0.15, 0.2) is 42.5 Å². The number of amides is 3. The number of hydrogen-bond acceptors (Lipinski definition) is 3. The van der Waals surface area contributed by atoms with Crippen LogP contribution in [-0.4, -0.2) is 27.4 Å². The molecule has 0 radical (unpaired) electrons. The molecule has 1 aliphatic heterocycles. The number of fused-ring (bicyclic) bond motifs is 5. The average Bonchev–Trinajstić information content (AvgIpc) is 3.36. The second-order valence-electron chi connectivity index (χ2n) is 8.76. The van der Waals surface area contributed by atoms with Gasteiger partial charge < -0.3 is 5.32 Å². The summed E-state index contributed by atoms with van der Waals surface area (Å²) in [6, 6.07) is 12.5. The van der Waals surface area contributed by atoms with Crippen LogP contribution in [0.3, 0.4) is 0 Å². The molecule has 1 heterocycles. The molecule has 5 rings (SSSR count). The van der Waals surface area contributed by atoms with Gasteiger partial charge in [-0.25, -0.2) is 0 Å². The maximum Gasteiger partial charge on any atom is 0.255 e. The first-order chi connectivity index (χ1) is 14.8. The number of nitrogens with one attached hydrogen (secondary N) is 1. The first kappa shape index (κ1) is 20.9. The normalized spacial score (nSPS) is 31.3. The summed E-state index contributed by atoms with van der Waals surface area (Å²) in [4.78, 5) is 40.8. The van der Waals surface area contributed by atoms with Crippen LogP contribution in [0.1, 0.15) is 27.9 Å². The molecule has 2 saturated carbocycles. The number of rotatable bonds is 3. The number of alkyl halides is 2. The second-order valence-corrected chi connectivity index (χ2v) is 10.9. The highest BCUT2D eigenvalue weighted by molar-refractivity contribution is 9.12. The Kier molecular flexibility index (Phi) is 5.09. The molecule has 2 aromatic carbocycles. The van der Waals surface area contributed by atoms with E-state index in [1.807, 2.05) is 32.0 Å². The van der Waals surface area contributed by atoms with Gasteiger partial charge in [0.05, 0.1) is 17.5 Å². The van der Waals surface area contributed by atoms with Gasteiger partial charge in [0.2, 0.25) is 11.8 Å². The molecule has 2 bridgehead atoms. The summed E-state index contributed by atoms with van der Waals surface area (Å²) in [5, 5.41) is 2.94. The van der Waals surface area contributed by atoms with E-state index in [0.717, 1.165) is 23.2 Å². The molecule has 3 aliphatic rings. The fourth-order valence-electron chi connectivity index (χ4n) is 5.45. The van der Waals surface area contributed by atoms with Crippen molar-refractivity contribution in [3.63, 3.8) is 0 Å². The van der Waals surface area contributed by atoms with Crippen LogP contribution in [0.4, 0.5) is 11.4 Å². The van der Waals surface area contributed by atoms with Crippen LogP contribution in [0.2, 0.25) is 0 Å². The molecule has 1 N–H and O–H groups in total. The van der Waals surface area contributed by atoms with Gasteiger partial charge in [0.25, 0.3) is 5.91 Å². The molecule has 2 aromatic rings. The van der Waals surface area contributed by atoms with Gasteiger partial charge in [-0.15, -0.1) is 0 Å². The lowest BCUT2D eigenvalue weighted by molar-refractivity contribution is -0.123. The Morgan fingerprint density at radius 2 is 1.52 bits per heavy atom. The molecule has 6 atom stereocenters. The number of carbonyl (C=O) groups is 3. The van der Waals surface area contributed by atoms with E-state index in [1.165, 1.54) is 4.90 Å². The summed E-state index contributed by atoms with van der Waals surface area (Å²) in [5.74, 6) is -0.575. The monoisotopic (exact) mass is 544 g/mol. The Morgan fingerprint density at radius 1 is 0.935 bits per heavy atom. The average molecular weight is 546 g/mol. The minimum absolute atomic E-state index is 0.112. The fourth-order valence-corrected chi connectivity index (χ4v) is 7.32. The van der Waals surface area contributed by atoms with Crippen LogP contribution in [0, 0.1) is 37.5 Å². The largest absolute Gasteiger partial charge is 0.322 e. The number of carbonyl (C=O) groups excluding carboxylic acids is 3. The third-order valence-electron chi connectivity index (χ3n) is 7.23. The van der Waals surface area contributed by atoms with Gasteiger partial charge in [0.15, 0.2) is 0 Å². The van der Waals surface area contributed by atoms with Crippen molar-refractivity contribution in [2.75, 3.05) is 10.2 Å². The first-order valence-electron chi connectivity index (χ1n) is 10.4. The molecule has 2 aliphatic carbocycles. The minimum Gasteiger partial charge on any atom is -0.322 e. The summed E-state index contributed by atoms with van der Waals surface area (Å²) in [6.45, 7) is 3.97. The van der Waals surface area contributed by atoms with Crippen molar-refractivity contribution in [2.45, 2.75) is 29.9 Å². The fraction of sp³-hybridized carbons (Fsp3) is 0.375. The van der Waals surface area contributed by atoms with Crippen molar-refractivity contribution in [1.29, 1.82) is 0 Å². The molecule has 0 aromatic heterocycles. The summed E-state index contributed by atoms with van der Waals surface area (Å²) in [6.07, 6.45) is 0.907. The van der Waals surface area contributed by atoms with E-state index in [1.54, 1.807) is 24.3 Å². The highest BCUT2D eigenvalue weighted by Gasteiger charge is 2.66. The van der Waals surface area contributed by atoms with Crippen LogP contribution in [0.5, 0.6) is 0 Å². The molecule has 0 spiro atoms. The van der Waals surface area contributed by atoms with Crippen LogP contribution >= 0.6 is 31.9 Å². The SMILES string of the molecule is Cc1cccc(NC(=O)c2ccc(N3C(=O)[C@@H]4[C@H]5C[C@@H]([C@H](Br)[C@@H]5Br)[C@@H]4C3=O)cc2)c1C. The lowest BCUT2D eigenvalue weighted by Crippen LogP contribution is -2.37. The third kappa shape index (κ3) is 3.11. The molecule has 31 heavy (non-hydrogen) atoms. The number of halogens is 2. The summed E-state index contributed by atoms with van der Waals surface area (Å²) in [7, 11) is 0. The zero-order chi connectivity index (χ0) is 22.0. The molecule has 160 valence electrons. The number of imide groups is 1. The minimum atomic E-state index is -0.247. The van der Waals surface area contributed by atoms with Gasteiger partial charge in [-0.3, -0.25) is 19.3 Å². The molecule has 3 fully saturated rings. The quantitative estimate of drug-likeness (QED) is 0.443. The van der Waals surface area contributed by atoms with Gasteiger partial charge >= 0.3 is 0 Å². The lowest BCUT2D eigenvalue weighted by atomic mass is 9.81. The summed E-state index contributed by atoms with van der Waals surface area (Å²) >= 11 is 7.42. The smallest absolute Gasteiger partial charge is 0.255 e. The van der Waals surface area contributed by atoms with Crippen molar-refractivity contribution in [2.24, 2.45) is 23.7 Å². The Morgan fingerprint density at radius 3 is 2.10 bits per heavy atom. The zero-order valence-corrected chi connectivity index (χ0v) is 20.3. The van der Waals surface area contributed by atoms with E-state index in [2.05, 4.69) is 37.2 Å². The highest BCUT2D eigenvalue weighted by Crippen LogP contribution is 2.60. The maximum absolute atomic E-state index is 13.2. The molecule has 0 unspecified atom stereocenters. The van der Waals surface area contributed by atoms with Crippen LogP contribution in [-0.2, 0) is 9.59 Å². The molecule has 3 amide bonds. The Bertz CT molecular complexity index is 1070. The molecule has 1 saturated heterocycles. The van der Waals surface area contributed by atoms with Gasteiger partial charge in [0.1, 0.15) is 0 Å². The van der Waals surface area contributed by atoms with Crippen molar-refractivity contribution < 1.29 is 14.4 Å². The van der Waals surface area contributed by atoms with Gasteiger partial charge in [-0.05, 0) is 73.6 Å². The van der Waals surface area contributed by atoms with Crippen molar-refractivity contribution in [3.05, 3.63) is 59.2 Å². The number of anilines is 2. The van der Waals surface area contributed by atoms with Crippen molar-refractivity contribution in [3.8, 4) is 0 Å². The van der Waals surface area contributed by atoms with Crippen molar-refractivity contribution >= 4 is 61.0 Å². The number of aryl methyl sites for hydroxylation is 1. The lowest BCUT2D eigenvalue weighted by Gasteiger charge is -2.28. The molecular weight excluding hydrogens is 524 g/mol. The standard InChI is InChI=1S/C24H22Br2N2O3/c1-11-4-3-5-17(12(11)2)27-22(29)13-6-8-14(9-7-13)28-23(30)18-15-10-16(19(18)24(28)31)21(26)20(15)25/h3-9,15-16,18-21H,10H2,1-2H3,(H,27,29)/t15-,16-,18-,19+,20-,21+/m1/s1. The van der Waals surface area contributed by atoms with E-state index < -0.39 is 0 Å². The predicted molar refractivity (Wildman–Crippen MR) is 127 cm³/mol. The van der Waals surface area contributed by atoms with Gasteiger partial charge in [0, 0.05) is 20.9 Å². The topological polar surface area (TPSA) is 66.5 Å². The van der Waals surface area contributed by atoms with E-state index >= 15 is 0 Å². The maximum atomic E-state index is 13.2. The Balaban J connectivity index is 1.36. The van der Waals surface area contributed by atoms with E-state index in [9.17, 15) is 14.4 Å². The van der Waals surface area contributed by atoms with Crippen molar-refractivity contribution in [1.82, 2.24) is 0 Å². The summed E-state index contributed by atoms with van der Waals surface area (Å²) < 4.78 is 0. The number of hydrogen-bond donors (Lipinski definition) is 1. The molecule has 7 heteroatoms. The molecular formula is C24H22Br2N2O3. The van der Waals surface area contributed by atoms with Crippen LogP contribution in [0.25, 0.3) is 0 Å². The summed E-state index contributed by atoms with van der Waals surface area (Å²) in [5.41, 5.74) is 3.91. The Labute approximate surface area is 197 Å². The number of nitrogens with zero attached hydrogens (tertiary/aromatic N) is 1. The van der Waals surface area contributed by atoms with Gasteiger partial charge in [-0.2, -0.15) is 0 Å². The number of benzene rings is 2. The van der Waals surface area contributed by atoms with E-state index in [-0.39, 0.29) is 51.0 Å². The predicted octanol–water partition coefficient (Wildman–Crippen LogP) is 4.84. The Hall–Kier alpha value is -1.99. The molecule has 5 nitrogen and oxygen atoms in total. The van der Waals surface area contributed by atoms with Gasteiger partial charge in [-0.1, -0.05) is 44.0 Å². The first-order valence-corrected chi connectivity index (χ1v) is 12.3. The van der Waals surface area contributed by atoms with E-state index in [0.29, 0.717) is 11.3 Å².